The van der Waals surface area contributed by atoms with Crippen LogP contribution in [0.5, 0.6) is 0 Å². The highest BCUT2D eigenvalue weighted by molar-refractivity contribution is 4.87. The molecule has 0 saturated heterocycles. The van der Waals surface area contributed by atoms with E-state index in [-0.39, 0.29) is 6.10 Å². The predicted octanol–water partition coefficient (Wildman–Crippen LogP) is 3.67. The predicted molar refractivity (Wildman–Crippen MR) is 58.8 cm³/mol. The van der Waals surface area contributed by atoms with E-state index in [2.05, 4.69) is 13.0 Å². The Labute approximate surface area is 82.9 Å². The van der Waals surface area contributed by atoms with Crippen molar-refractivity contribution in [3.05, 3.63) is 12.2 Å². The van der Waals surface area contributed by atoms with E-state index in [1.54, 1.807) is 0 Å². The van der Waals surface area contributed by atoms with E-state index in [1.807, 2.05) is 13.0 Å². The lowest BCUT2D eigenvalue weighted by atomic mass is 10.1. The first kappa shape index (κ1) is 12.7. The van der Waals surface area contributed by atoms with Gasteiger partial charge in [0.1, 0.15) is 0 Å². The van der Waals surface area contributed by atoms with E-state index < -0.39 is 0 Å². The molecule has 0 aromatic carbocycles. The van der Waals surface area contributed by atoms with Crippen LogP contribution in [-0.4, -0.2) is 11.2 Å². The Kier molecular flexibility index (Phi) is 9.56. The van der Waals surface area contributed by atoms with E-state index in [4.69, 9.17) is 0 Å². The van der Waals surface area contributed by atoms with Crippen LogP contribution in [0.1, 0.15) is 58.8 Å². The number of allylic oxidation sites excluding steroid dienone is 1. The van der Waals surface area contributed by atoms with Gasteiger partial charge in [-0.2, -0.15) is 0 Å². The average molecular weight is 184 g/mol. The fraction of sp³-hybridized carbons (Fsp3) is 0.833. The summed E-state index contributed by atoms with van der Waals surface area (Å²) in [6.07, 6.45) is 12.4. The van der Waals surface area contributed by atoms with Crippen molar-refractivity contribution in [3.8, 4) is 0 Å². The van der Waals surface area contributed by atoms with Crippen LogP contribution in [0, 0.1) is 0 Å². The highest BCUT2D eigenvalue weighted by atomic mass is 16.3. The van der Waals surface area contributed by atoms with Crippen molar-refractivity contribution < 1.29 is 5.11 Å². The van der Waals surface area contributed by atoms with Crippen LogP contribution in [-0.2, 0) is 0 Å². The molecule has 0 aromatic heterocycles. The third-order valence-electron chi connectivity index (χ3n) is 2.25. The standard InChI is InChI=1S/C12H24O/c1-3-5-6-7-8-9-10-11-12(13)4-2/h10-13H,3-9H2,1-2H3/b11-10+. The smallest absolute Gasteiger partial charge is 0.0718 e. The molecule has 13 heavy (non-hydrogen) atoms. The van der Waals surface area contributed by atoms with Gasteiger partial charge in [-0.1, -0.05) is 51.7 Å². The van der Waals surface area contributed by atoms with Gasteiger partial charge in [0.05, 0.1) is 6.10 Å². The zero-order valence-electron chi connectivity index (χ0n) is 9.13. The lowest BCUT2D eigenvalue weighted by Crippen LogP contribution is -1.97. The van der Waals surface area contributed by atoms with E-state index in [0.717, 1.165) is 12.8 Å². The molecule has 1 heteroatoms. The monoisotopic (exact) mass is 184 g/mol. The first-order chi connectivity index (χ1) is 6.31. The molecule has 0 bridgehead atoms. The average Bonchev–Trinajstić information content (AvgIpc) is 2.16. The maximum absolute atomic E-state index is 9.21. The molecule has 0 rings (SSSR count). The second-order valence-electron chi connectivity index (χ2n) is 3.61. The van der Waals surface area contributed by atoms with Crippen molar-refractivity contribution in [1.29, 1.82) is 0 Å². The summed E-state index contributed by atoms with van der Waals surface area (Å²) in [6.45, 7) is 4.23. The minimum absolute atomic E-state index is 0.226. The molecule has 0 heterocycles. The molecule has 0 radical (unpaired) electrons. The zero-order chi connectivity index (χ0) is 9.94. The number of aliphatic hydroxyl groups excluding tert-OH is 1. The van der Waals surface area contributed by atoms with Gasteiger partial charge in [-0.25, -0.2) is 0 Å². The number of rotatable bonds is 8. The van der Waals surface area contributed by atoms with Crippen LogP contribution < -0.4 is 0 Å². The third-order valence-corrected chi connectivity index (χ3v) is 2.25. The number of hydrogen-bond acceptors (Lipinski definition) is 1. The molecule has 0 aromatic rings. The van der Waals surface area contributed by atoms with Gasteiger partial charge in [0.2, 0.25) is 0 Å². The highest BCUT2D eigenvalue weighted by Crippen LogP contribution is 2.05. The number of unbranched alkanes of at least 4 members (excludes halogenated alkanes) is 5. The summed E-state index contributed by atoms with van der Waals surface area (Å²) < 4.78 is 0. The van der Waals surface area contributed by atoms with E-state index in [1.165, 1.54) is 32.1 Å². The topological polar surface area (TPSA) is 20.2 Å². The van der Waals surface area contributed by atoms with Gasteiger partial charge in [0, 0.05) is 0 Å². The molecule has 0 aliphatic carbocycles. The van der Waals surface area contributed by atoms with Gasteiger partial charge in [0.25, 0.3) is 0 Å². The molecule has 0 spiro atoms. The number of aliphatic hydroxyl groups is 1. The molecule has 1 N–H and O–H groups in total. The Balaban J connectivity index is 3.10. The fourth-order valence-corrected chi connectivity index (χ4v) is 1.26. The SMILES string of the molecule is CCCCCCC/C=C/C(O)CC. The van der Waals surface area contributed by atoms with Crippen LogP contribution in [0.15, 0.2) is 12.2 Å². The van der Waals surface area contributed by atoms with Crippen LogP contribution >= 0.6 is 0 Å². The van der Waals surface area contributed by atoms with Crippen LogP contribution in [0.3, 0.4) is 0 Å². The summed E-state index contributed by atoms with van der Waals surface area (Å²) in [5.41, 5.74) is 0. The minimum atomic E-state index is -0.226. The second-order valence-corrected chi connectivity index (χ2v) is 3.61. The Morgan fingerprint density at radius 3 is 2.38 bits per heavy atom. The summed E-state index contributed by atoms with van der Waals surface area (Å²) in [7, 11) is 0. The maximum Gasteiger partial charge on any atom is 0.0718 e. The largest absolute Gasteiger partial charge is 0.389 e. The van der Waals surface area contributed by atoms with Crippen molar-refractivity contribution in [2.75, 3.05) is 0 Å². The van der Waals surface area contributed by atoms with Crippen molar-refractivity contribution in [2.24, 2.45) is 0 Å². The van der Waals surface area contributed by atoms with E-state index >= 15 is 0 Å². The molecular weight excluding hydrogens is 160 g/mol. The molecule has 0 fully saturated rings. The minimum Gasteiger partial charge on any atom is -0.389 e. The number of hydrogen-bond donors (Lipinski definition) is 1. The molecule has 0 amide bonds. The molecule has 1 nitrogen and oxygen atoms in total. The lowest BCUT2D eigenvalue weighted by molar-refractivity contribution is 0.219. The maximum atomic E-state index is 9.21. The summed E-state index contributed by atoms with van der Waals surface area (Å²) >= 11 is 0. The molecule has 1 atom stereocenters. The van der Waals surface area contributed by atoms with Crippen molar-refractivity contribution >= 4 is 0 Å². The summed E-state index contributed by atoms with van der Waals surface area (Å²) in [4.78, 5) is 0. The Bertz CT molecular complexity index is 118. The molecule has 0 aliphatic heterocycles. The van der Waals surface area contributed by atoms with Gasteiger partial charge < -0.3 is 5.11 Å². The molecule has 0 saturated carbocycles. The van der Waals surface area contributed by atoms with Crippen LogP contribution in [0.25, 0.3) is 0 Å². The Hall–Kier alpha value is -0.300. The van der Waals surface area contributed by atoms with Gasteiger partial charge in [-0.15, -0.1) is 0 Å². The summed E-state index contributed by atoms with van der Waals surface area (Å²) in [6, 6.07) is 0. The van der Waals surface area contributed by atoms with Gasteiger partial charge in [0.15, 0.2) is 0 Å². The van der Waals surface area contributed by atoms with Gasteiger partial charge >= 0.3 is 0 Å². The van der Waals surface area contributed by atoms with Crippen molar-refractivity contribution in [3.63, 3.8) is 0 Å². The molecule has 0 aliphatic rings. The van der Waals surface area contributed by atoms with Crippen LogP contribution in [0.2, 0.25) is 0 Å². The zero-order valence-corrected chi connectivity index (χ0v) is 9.13. The first-order valence-electron chi connectivity index (χ1n) is 5.66. The Morgan fingerprint density at radius 2 is 1.77 bits per heavy atom. The molecule has 1 unspecified atom stereocenters. The van der Waals surface area contributed by atoms with E-state index in [0.29, 0.717) is 0 Å². The van der Waals surface area contributed by atoms with Crippen LogP contribution in [0.4, 0.5) is 0 Å². The fourth-order valence-electron chi connectivity index (χ4n) is 1.26. The van der Waals surface area contributed by atoms with Crippen molar-refractivity contribution in [1.82, 2.24) is 0 Å². The second kappa shape index (κ2) is 9.79. The third kappa shape index (κ3) is 9.62. The van der Waals surface area contributed by atoms with E-state index in [9.17, 15) is 5.11 Å². The highest BCUT2D eigenvalue weighted by Gasteiger charge is 1.91. The summed E-state index contributed by atoms with van der Waals surface area (Å²) in [5, 5.41) is 9.21. The van der Waals surface area contributed by atoms with Gasteiger partial charge in [-0.05, 0) is 19.3 Å². The normalized spacial score (nSPS) is 13.8. The van der Waals surface area contributed by atoms with Gasteiger partial charge in [-0.3, -0.25) is 0 Å². The molecule has 78 valence electrons. The Morgan fingerprint density at radius 1 is 1.08 bits per heavy atom. The summed E-state index contributed by atoms with van der Waals surface area (Å²) in [5.74, 6) is 0. The molecular formula is C12H24O. The quantitative estimate of drug-likeness (QED) is 0.451. The lowest BCUT2D eigenvalue weighted by Gasteiger charge is -1.99. The first-order valence-corrected chi connectivity index (χ1v) is 5.66. The van der Waals surface area contributed by atoms with Crippen molar-refractivity contribution in [2.45, 2.75) is 64.9 Å².